The first kappa shape index (κ1) is 25.9. The smallest absolute Gasteiger partial charge is 0.410 e. The molecule has 1 saturated heterocycles. The number of rotatable bonds is 5. The molecule has 2 fully saturated rings. The summed E-state index contributed by atoms with van der Waals surface area (Å²) in [7, 11) is 0. The van der Waals surface area contributed by atoms with Gasteiger partial charge in [-0.05, 0) is 68.9 Å². The number of ether oxygens (including phenoxy) is 3. The minimum atomic E-state index is -0.638. The van der Waals surface area contributed by atoms with Gasteiger partial charge in [-0.25, -0.2) is 4.79 Å². The molecule has 0 radical (unpaired) electrons. The summed E-state index contributed by atoms with van der Waals surface area (Å²) >= 11 is 0. The Balaban J connectivity index is 1.33. The van der Waals surface area contributed by atoms with E-state index >= 15 is 0 Å². The molecule has 0 spiro atoms. The van der Waals surface area contributed by atoms with Gasteiger partial charge in [-0.15, -0.1) is 0 Å². The maximum atomic E-state index is 12.6. The van der Waals surface area contributed by atoms with Crippen LogP contribution in [-0.2, 0) is 4.74 Å². The standard InChI is InChI=1S/C30H40N2O5/c1-29(2,3)37-28(33)32-17-15-31(16-18-32)25(20-30(34)13-5-4-6-14-30)23-9-7-22(8-10-23)24-11-12-26-27(19-24)36-21-35-26/h7-12,19,25,34H,4-6,13-18,20-21H2,1-3H3. The summed E-state index contributed by atoms with van der Waals surface area (Å²) in [6.07, 6.45) is 5.54. The van der Waals surface area contributed by atoms with Crippen LogP contribution in [0.3, 0.4) is 0 Å². The maximum absolute atomic E-state index is 12.6. The minimum absolute atomic E-state index is 0.0923. The molecule has 2 aromatic rings. The van der Waals surface area contributed by atoms with Gasteiger partial charge in [0, 0.05) is 32.2 Å². The summed E-state index contributed by atoms with van der Waals surface area (Å²) in [5.74, 6) is 1.56. The zero-order valence-electron chi connectivity index (χ0n) is 22.4. The van der Waals surface area contributed by atoms with Crippen LogP contribution >= 0.6 is 0 Å². The van der Waals surface area contributed by atoms with Crippen molar-refractivity contribution in [1.29, 1.82) is 0 Å². The molecule has 1 atom stereocenters. The van der Waals surface area contributed by atoms with Crippen molar-refractivity contribution in [3.05, 3.63) is 48.0 Å². The van der Waals surface area contributed by atoms with E-state index in [4.69, 9.17) is 14.2 Å². The summed E-state index contributed by atoms with van der Waals surface area (Å²) in [4.78, 5) is 16.8. The predicted molar refractivity (Wildman–Crippen MR) is 143 cm³/mol. The molecule has 3 aliphatic rings. The van der Waals surface area contributed by atoms with E-state index in [1.54, 1.807) is 4.90 Å². The Morgan fingerprint density at radius 2 is 1.59 bits per heavy atom. The second-order valence-corrected chi connectivity index (χ2v) is 11.7. The number of fused-ring (bicyclic) bond motifs is 1. The van der Waals surface area contributed by atoms with E-state index in [0.717, 1.165) is 61.4 Å². The average molecular weight is 509 g/mol. The molecule has 1 saturated carbocycles. The second kappa shape index (κ2) is 10.5. The first-order valence-corrected chi connectivity index (χ1v) is 13.6. The summed E-state index contributed by atoms with van der Waals surface area (Å²) in [5.41, 5.74) is 2.27. The van der Waals surface area contributed by atoms with Gasteiger partial charge in [0.05, 0.1) is 5.60 Å². The molecule has 2 heterocycles. The zero-order chi connectivity index (χ0) is 26.0. The van der Waals surface area contributed by atoms with Crippen LogP contribution in [0.2, 0.25) is 0 Å². The van der Waals surface area contributed by atoms with E-state index < -0.39 is 11.2 Å². The Labute approximate surface area is 220 Å². The molecule has 1 aliphatic carbocycles. The number of hydrogen-bond donors (Lipinski definition) is 1. The van der Waals surface area contributed by atoms with Gasteiger partial charge >= 0.3 is 6.09 Å². The molecule has 200 valence electrons. The zero-order valence-corrected chi connectivity index (χ0v) is 22.4. The van der Waals surface area contributed by atoms with Gasteiger partial charge in [0.1, 0.15) is 5.60 Å². The first-order chi connectivity index (χ1) is 17.7. The Morgan fingerprint density at radius 1 is 0.946 bits per heavy atom. The molecule has 7 heteroatoms. The molecule has 7 nitrogen and oxygen atoms in total. The molecule has 1 amide bonds. The van der Waals surface area contributed by atoms with Gasteiger partial charge in [-0.1, -0.05) is 49.6 Å². The van der Waals surface area contributed by atoms with E-state index in [1.165, 1.54) is 12.0 Å². The fourth-order valence-electron chi connectivity index (χ4n) is 5.75. The van der Waals surface area contributed by atoms with Crippen LogP contribution in [0.5, 0.6) is 11.5 Å². The Morgan fingerprint density at radius 3 is 2.27 bits per heavy atom. The molecule has 2 aliphatic heterocycles. The number of nitrogens with zero attached hydrogens (tertiary/aromatic N) is 2. The van der Waals surface area contributed by atoms with E-state index in [9.17, 15) is 9.90 Å². The van der Waals surface area contributed by atoms with Crippen molar-refractivity contribution in [2.24, 2.45) is 0 Å². The molecule has 5 rings (SSSR count). The highest BCUT2D eigenvalue weighted by atomic mass is 16.7. The van der Waals surface area contributed by atoms with Crippen molar-refractivity contribution in [1.82, 2.24) is 9.80 Å². The third-order valence-electron chi connectivity index (χ3n) is 7.77. The monoisotopic (exact) mass is 508 g/mol. The maximum Gasteiger partial charge on any atom is 0.410 e. The molecular weight excluding hydrogens is 468 g/mol. The van der Waals surface area contributed by atoms with Crippen molar-refractivity contribution in [3.8, 4) is 22.6 Å². The molecular formula is C30H40N2O5. The van der Waals surface area contributed by atoms with Crippen molar-refractivity contribution in [2.75, 3.05) is 33.0 Å². The topological polar surface area (TPSA) is 71.5 Å². The molecule has 1 N–H and O–H groups in total. The molecule has 0 bridgehead atoms. The van der Waals surface area contributed by atoms with E-state index in [1.807, 2.05) is 32.9 Å². The number of piperazine rings is 1. The second-order valence-electron chi connectivity index (χ2n) is 11.7. The van der Waals surface area contributed by atoms with E-state index in [2.05, 4.69) is 35.2 Å². The lowest BCUT2D eigenvalue weighted by molar-refractivity contribution is -0.0367. The summed E-state index contributed by atoms with van der Waals surface area (Å²) in [6, 6.07) is 14.8. The van der Waals surface area contributed by atoms with Gasteiger partial charge in [-0.3, -0.25) is 4.90 Å². The normalized spacial score (nSPS) is 20.5. The van der Waals surface area contributed by atoms with Crippen LogP contribution in [0, 0.1) is 0 Å². The fourth-order valence-corrected chi connectivity index (χ4v) is 5.75. The number of carbonyl (C=O) groups excluding carboxylic acids is 1. The number of aliphatic hydroxyl groups is 1. The largest absolute Gasteiger partial charge is 0.454 e. The number of carbonyl (C=O) groups is 1. The van der Waals surface area contributed by atoms with Crippen molar-refractivity contribution < 1.29 is 24.1 Å². The minimum Gasteiger partial charge on any atom is -0.454 e. The molecule has 2 aromatic carbocycles. The quantitative estimate of drug-likeness (QED) is 0.554. The van der Waals surface area contributed by atoms with Gasteiger partial charge in [0.2, 0.25) is 6.79 Å². The van der Waals surface area contributed by atoms with Crippen LogP contribution in [0.1, 0.15) is 70.9 Å². The molecule has 0 aromatic heterocycles. The van der Waals surface area contributed by atoms with Crippen molar-refractivity contribution >= 4 is 6.09 Å². The lowest BCUT2D eigenvalue weighted by Crippen LogP contribution is -2.51. The third kappa shape index (κ3) is 6.21. The lowest BCUT2D eigenvalue weighted by atomic mass is 9.78. The molecule has 1 unspecified atom stereocenters. The predicted octanol–water partition coefficient (Wildman–Crippen LogP) is 5.76. The highest BCUT2D eigenvalue weighted by Gasteiger charge is 2.37. The van der Waals surface area contributed by atoms with Gasteiger partial charge in [-0.2, -0.15) is 0 Å². The van der Waals surface area contributed by atoms with E-state index in [0.29, 0.717) is 19.5 Å². The average Bonchev–Trinajstić information content (AvgIpc) is 3.35. The van der Waals surface area contributed by atoms with Crippen molar-refractivity contribution in [3.63, 3.8) is 0 Å². The number of amides is 1. The summed E-state index contributed by atoms with van der Waals surface area (Å²) in [6.45, 7) is 8.72. The summed E-state index contributed by atoms with van der Waals surface area (Å²) < 4.78 is 16.6. The van der Waals surface area contributed by atoms with Crippen LogP contribution in [-0.4, -0.2) is 65.2 Å². The highest BCUT2D eigenvalue weighted by molar-refractivity contribution is 5.68. The van der Waals surface area contributed by atoms with Crippen LogP contribution in [0.15, 0.2) is 42.5 Å². The van der Waals surface area contributed by atoms with Crippen LogP contribution in [0.25, 0.3) is 11.1 Å². The Bertz CT molecular complexity index is 1080. The molecule has 37 heavy (non-hydrogen) atoms. The Kier molecular flexibility index (Phi) is 7.37. The van der Waals surface area contributed by atoms with Gasteiger partial charge in [0.15, 0.2) is 11.5 Å². The SMILES string of the molecule is CC(C)(C)OC(=O)N1CCN(C(CC2(O)CCCCC2)c2ccc(-c3ccc4c(c3)OCO4)cc2)CC1. The van der Waals surface area contributed by atoms with Crippen LogP contribution < -0.4 is 9.47 Å². The Hall–Kier alpha value is -2.77. The first-order valence-electron chi connectivity index (χ1n) is 13.6. The lowest BCUT2D eigenvalue weighted by Gasteiger charge is -2.43. The van der Waals surface area contributed by atoms with Crippen molar-refractivity contribution in [2.45, 2.75) is 76.5 Å². The van der Waals surface area contributed by atoms with Gasteiger partial charge < -0.3 is 24.2 Å². The fraction of sp³-hybridized carbons (Fsp3) is 0.567. The summed E-state index contributed by atoms with van der Waals surface area (Å²) in [5, 5.41) is 11.5. The van der Waals surface area contributed by atoms with E-state index in [-0.39, 0.29) is 18.9 Å². The van der Waals surface area contributed by atoms with Gasteiger partial charge in [0.25, 0.3) is 0 Å². The third-order valence-corrected chi connectivity index (χ3v) is 7.77. The highest BCUT2D eigenvalue weighted by Crippen LogP contribution is 2.40. The van der Waals surface area contributed by atoms with Crippen LogP contribution in [0.4, 0.5) is 4.79 Å². The number of benzene rings is 2. The number of hydrogen-bond acceptors (Lipinski definition) is 6.